The molecule has 0 unspecified atom stereocenters. The van der Waals surface area contributed by atoms with Gasteiger partial charge in [0.1, 0.15) is 5.75 Å². The molecule has 0 amide bonds. The number of hydrogen-bond acceptors (Lipinski definition) is 5. The summed E-state index contributed by atoms with van der Waals surface area (Å²) in [6.07, 6.45) is 13.1. The van der Waals surface area contributed by atoms with Crippen LogP contribution in [0.2, 0.25) is 0 Å². The van der Waals surface area contributed by atoms with Crippen molar-refractivity contribution in [3.05, 3.63) is 0 Å². The molecule has 0 aliphatic carbocycles. The van der Waals surface area contributed by atoms with Gasteiger partial charge in [-0.3, -0.25) is 4.79 Å². The Morgan fingerprint density at radius 2 is 1.30 bits per heavy atom. The molecule has 0 aliphatic rings. The first-order valence-electron chi connectivity index (χ1n) is 8.57. The summed E-state index contributed by atoms with van der Waals surface area (Å²) in [5.74, 6) is -1.25. The number of rotatable bonds is 15. The maximum absolute atomic E-state index is 11.3. The van der Waals surface area contributed by atoms with Gasteiger partial charge in [-0.05, 0) is 6.42 Å². The van der Waals surface area contributed by atoms with Gasteiger partial charge in [-0.1, -0.05) is 71.1 Å². The predicted octanol–water partition coefficient (Wildman–Crippen LogP) is 3.17. The Morgan fingerprint density at radius 3 is 1.74 bits per heavy atom. The molecule has 0 rings (SSSR count). The van der Waals surface area contributed by atoms with Crippen molar-refractivity contribution in [2.24, 2.45) is 0 Å². The average molecular weight is 376 g/mol. The third-order valence-corrected chi connectivity index (χ3v) is 4.67. The van der Waals surface area contributed by atoms with E-state index >= 15 is 0 Å². The first-order chi connectivity index (χ1) is 10.5. The molecule has 7 heteroatoms. The summed E-state index contributed by atoms with van der Waals surface area (Å²) < 4.78 is 26.6. The van der Waals surface area contributed by atoms with Crippen LogP contribution >= 0.6 is 0 Å². The van der Waals surface area contributed by atoms with E-state index in [0.29, 0.717) is 6.42 Å². The van der Waals surface area contributed by atoms with Crippen molar-refractivity contribution in [2.75, 3.05) is 12.4 Å². The molecule has 133 valence electrons. The van der Waals surface area contributed by atoms with Crippen LogP contribution in [-0.4, -0.2) is 83.2 Å². The normalized spacial score (nSPS) is 11.0. The molecule has 0 bridgehead atoms. The number of hydrogen-bond donors (Lipinski definition) is 1. The summed E-state index contributed by atoms with van der Waals surface area (Å²) in [6, 6.07) is 0. The van der Waals surface area contributed by atoms with Gasteiger partial charge in [0.05, 0.1) is 6.61 Å². The predicted molar refractivity (Wildman–Crippen MR) is 93.8 cm³/mol. The standard InChI is InChI=1S/C16H32O5S.K/c1-2-3-4-5-6-7-8-9-10-11-12-13-16(18)21-22(19,20)15-14-17;/h17H,2-15H2,1H3;. The van der Waals surface area contributed by atoms with Crippen molar-refractivity contribution in [3.8, 4) is 0 Å². The molecule has 0 aromatic rings. The van der Waals surface area contributed by atoms with Crippen LogP contribution in [0.1, 0.15) is 84.0 Å². The van der Waals surface area contributed by atoms with Crippen LogP contribution in [0.4, 0.5) is 0 Å². The second-order valence-corrected chi connectivity index (χ2v) is 7.42. The number of unbranched alkanes of at least 4 members (excludes halogenated alkanes) is 10. The molecule has 5 nitrogen and oxygen atoms in total. The molecule has 0 aliphatic heterocycles. The maximum Gasteiger partial charge on any atom is 0.322 e. The quantitative estimate of drug-likeness (QED) is 0.270. The molecule has 0 heterocycles. The van der Waals surface area contributed by atoms with Crippen molar-refractivity contribution >= 4 is 67.5 Å². The van der Waals surface area contributed by atoms with Crippen LogP contribution in [0.15, 0.2) is 0 Å². The fourth-order valence-electron chi connectivity index (χ4n) is 2.27. The average Bonchev–Trinajstić information content (AvgIpc) is 2.44. The zero-order valence-electron chi connectivity index (χ0n) is 14.9. The van der Waals surface area contributed by atoms with Crippen molar-refractivity contribution in [1.82, 2.24) is 0 Å². The summed E-state index contributed by atoms with van der Waals surface area (Å²) in [6.45, 7) is 1.69. The van der Waals surface area contributed by atoms with Crippen molar-refractivity contribution in [2.45, 2.75) is 84.0 Å². The monoisotopic (exact) mass is 375 g/mol. The van der Waals surface area contributed by atoms with E-state index in [1.54, 1.807) is 0 Å². The summed E-state index contributed by atoms with van der Waals surface area (Å²) in [4.78, 5) is 11.3. The Kier molecular flexibility index (Phi) is 20.3. The number of aliphatic hydroxyl groups excluding tert-OH is 1. The van der Waals surface area contributed by atoms with E-state index in [9.17, 15) is 13.2 Å². The summed E-state index contributed by atoms with van der Waals surface area (Å²) in [5, 5.41) is 8.52. The van der Waals surface area contributed by atoms with Crippen LogP contribution in [-0.2, 0) is 19.1 Å². The van der Waals surface area contributed by atoms with Crippen LogP contribution in [0.3, 0.4) is 0 Å². The Bertz CT molecular complexity index is 371. The van der Waals surface area contributed by atoms with E-state index in [4.69, 9.17) is 5.11 Å². The molecule has 0 saturated heterocycles. The Balaban J connectivity index is 0. The number of carbonyl (C=O) groups excluding carboxylic acids is 1. The second kappa shape index (κ2) is 17.8. The molecule has 23 heavy (non-hydrogen) atoms. The van der Waals surface area contributed by atoms with Gasteiger partial charge < -0.3 is 9.29 Å². The minimum absolute atomic E-state index is 0. The van der Waals surface area contributed by atoms with Gasteiger partial charge in [0.25, 0.3) is 0 Å². The topological polar surface area (TPSA) is 80.7 Å². The van der Waals surface area contributed by atoms with Crippen molar-refractivity contribution in [1.29, 1.82) is 0 Å². The molecule has 1 radical (unpaired) electrons. The van der Waals surface area contributed by atoms with Crippen LogP contribution in [0, 0.1) is 0 Å². The third-order valence-electron chi connectivity index (χ3n) is 3.55. The summed E-state index contributed by atoms with van der Waals surface area (Å²) in [7, 11) is -3.89. The smallest absolute Gasteiger partial charge is 0.322 e. The van der Waals surface area contributed by atoms with Gasteiger partial charge in [0.15, 0.2) is 0 Å². The minimum atomic E-state index is -3.89. The van der Waals surface area contributed by atoms with Gasteiger partial charge in [0, 0.05) is 57.8 Å². The Hall–Kier alpha value is 1.02. The third kappa shape index (κ3) is 19.2. The molecular weight excluding hydrogens is 343 g/mol. The van der Waals surface area contributed by atoms with Crippen molar-refractivity contribution < 1.29 is 22.5 Å². The molecule has 0 spiro atoms. The van der Waals surface area contributed by atoms with Crippen LogP contribution in [0.25, 0.3) is 0 Å². The van der Waals surface area contributed by atoms with E-state index in [0.717, 1.165) is 12.8 Å². The van der Waals surface area contributed by atoms with Gasteiger partial charge in [-0.15, -0.1) is 0 Å². The molecule has 1 N–H and O–H groups in total. The molecule has 0 saturated carbocycles. The van der Waals surface area contributed by atoms with E-state index in [1.165, 1.54) is 51.4 Å². The Morgan fingerprint density at radius 1 is 0.870 bits per heavy atom. The van der Waals surface area contributed by atoms with Crippen molar-refractivity contribution in [3.63, 3.8) is 0 Å². The summed E-state index contributed by atoms with van der Waals surface area (Å²) in [5.41, 5.74) is 0. The molecule has 0 aromatic heterocycles. The number of aliphatic hydroxyl groups is 1. The van der Waals surface area contributed by atoms with Gasteiger partial charge in [-0.25, -0.2) is 0 Å². The molecule has 0 fully saturated rings. The first-order valence-corrected chi connectivity index (χ1v) is 10.2. The van der Waals surface area contributed by atoms with E-state index < -0.39 is 28.4 Å². The fourth-order valence-corrected chi connectivity index (χ4v) is 2.94. The largest absolute Gasteiger partial charge is 0.395 e. The first kappa shape index (κ1) is 26.2. The second-order valence-electron chi connectivity index (χ2n) is 5.73. The van der Waals surface area contributed by atoms with Crippen LogP contribution in [0.5, 0.6) is 0 Å². The minimum Gasteiger partial charge on any atom is -0.395 e. The zero-order valence-corrected chi connectivity index (χ0v) is 18.8. The molecular formula is C16H32KO5S. The molecule has 0 atom stereocenters. The molecule has 0 aromatic carbocycles. The van der Waals surface area contributed by atoms with Gasteiger partial charge in [-0.2, -0.15) is 8.42 Å². The zero-order chi connectivity index (χ0) is 16.7. The van der Waals surface area contributed by atoms with E-state index in [2.05, 4.69) is 11.1 Å². The SMILES string of the molecule is CCCCCCCCCCCCCC(=O)OS(=O)(=O)CCO.[K]. The maximum atomic E-state index is 11.3. The van der Waals surface area contributed by atoms with E-state index in [1.807, 2.05) is 0 Å². The van der Waals surface area contributed by atoms with Gasteiger partial charge in [0.2, 0.25) is 0 Å². The fraction of sp³-hybridized carbons (Fsp3) is 0.938. The number of carbonyl (C=O) groups is 1. The summed E-state index contributed by atoms with van der Waals surface area (Å²) >= 11 is 0. The van der Waals surface area contributed by atoms with Crippen LogP contribution < -0.4 is 0 Å². The van der Waals surface area contributed by atoms with E-state index in [-0.39, 0.29) is 57.8 Å². The van der Waals surface area contributed by atoms with Gasteiger partial charge >= 0.3 is 16.1 Å². The Labute approximate surface area is 184 Å².